The van der Waals surface area contributed by atoms with Crippen LogP contribution in [-0.4, -0.2) is 15.1 Å². The van der Waals surface area contributed by atoms with E-state index in [1.54, 1.807) is 6.07 Å². The number of rotatable bonds is 5. The summed E-state index contributed by atoms with van der Waals surface area (Å²) < 4.78 is 0. The van der Waals surface area contributed by atoms with Crippen molar-refractivity contribution in [2.45, 2.75) is 36.4 Å². The van der Waals surface area contributed by atoms with Crippen molar-refractivity contribution >= 4 is 11.8 Å². The van der Waals surface area contributed by atoms with Gasteiger partial charge >= 0.3 is 0 Å². The fraction of sp³-hybridized carbons (Fsp3) is 0.286. The summed E-state index contributed by atoms with van der Waals surface area (Å²) in [5.74, 6) is 0. The van der Waals surface area contributed by atoms with E-state index in [-0.39, 0.29) is 12.2 Å². The Morgan fingerprint density at radius 1 is 1.32 bits per heavy atom. The van der Waals surface area contributed by atoms with Gasteiger partial charge in [0.25, 0.3) is 5.56 Å². The Kier molecular flexibility index (Phi) is 4.76. The smallest absolute Gasteiger partial charge is 0.251 e. The molecule has 4 nitrogen and oxygen atoms in total. The maximum Gasteiger partial charge on any atom is 0.251 e. The maximum atomic E-state index is 11.5. The molecule has 1 aromatic heterocycles. The zero-order valence-corrected chi connectivity index (χ0v) is 11.5. The lowest BCUT2D eigenvalue weighted by Crippen LogP contribution is -2.09. The molecule has 0 aliphatic heterocycles. The van der Waals surface area contributed by atoms with Gasteiger partial charge in [-0.1, -0.05) is 37.2 Å². The lowest BCUT2D eigenvalue weighted by Gasteiger charge is -2.04. The Morgan fingerprint density at radius 2 is 2.05 bits per heavy atom. The largest absolute Gasteiger partial charge is 0.392 e. The molecule has 0 spiro atoms. The second-order valence-corrected chi connectivity index (χ2v) is 5.26. The monoisotopic (exact) mass is 276 g/mol. The first-order valence-electron chi connectivity index (χ1n) is 6.19. The number of benzene rings is 1. The third-order valence-corrected chi connectivity index (χ3v) is 3.49. The third kappa shape index (κ3) is 3.94. The maximum absolute atomic E-state index is 11.5. The number of aliphatic hydroxyl groups is 1. The average Bonchev–Trinajstić information content (AvgIpc) is 2.39. The van der Waals surface area contributed by atoms with E-state index in [9.17, 15) is 4.79 Å². The molecule has 1 aromatic carbocycles. The predicted octanol–water partition coefficient (Wildman–Crippen LogP) is 2.37. The van der Waals surface area contributed by atoms with Crippen molar-refractivity contribution in [1.82, 2.24) is 9.97 Å². The Hall–Kier alpha value is -1.59. The van der Waals surface area contributed by atoms with Gasteiger partial charge in [-0.15, -0.1) is 0 Å². The number of hydrogen-bond acceptors (Lipinski definition) is 4. The number of aliphatic hydroxyl groups excluding tert-OH is 1. The molecular formula is C14H16N2O2S. The van der Waals surface area contributed by atoms with Crippen molar-refractivity contribution in [1.29, 1.82) is 0 Å². The third-order valence-electron chi connectivity index (χ3n) is 2.60. The number of aromatic nitrogens is 2. The molecule has 19 heavy (non-hydrogen) atoms. The zero-order chi connectivity index (χ0) is 13.7. The molecule has 2 N–H and O–H groups in total. The van der Waals surface area contributed by atoms with Gasteiger partial charge in [0, 0.05) is 16.7 Å². The number of hydrogen-bond donors (Lipinski definition) is 2. The van der Waals surface area contributed by atoms with Crippen molar-refractivity contribution in [3.8, 4) is 0 Å². The molecule has 100 valence electrons. The van der Waals surface area contributed by atoms with Crippen LogP contribution in [0.25, 0.3) is 0 Å². The Bertz CT molecular complexity index is 593. The van der Waals surface area contributed by atoms with Gasteiger partial charge in [0.15, 0.2) is 5.16 Å². The van der Waals surface area contributed by atoms with E-state index in [1.807, 2.05) is 24.3 Å². The van der Waals surface area contributed by atoms with Crippen LogP contribution in [0, 0.1) is 0 Å². The lowest BCUT2D eigenvalue weighted by molar-refractivity contribution is 0.282. The number of aryl methyl sites for hydroxylation is 1. The minimum atomic E-state index is -0.118. The summed E-state index contributed by atoms with van der Waals surface area (Å²) in [7, 11) is 0. The normalized spacial score (nSPS) is 10.6. The van der Waals surface area contributed by atoms with Crippen molar-refractivity contribution in [2.24, 2.45) is 0 Å². The van der Waals surface area contributed by atoms with Gasteiger partial charge in [0.05, 0.1) is 6.61 Å². The number of nitrogens with zero attached hydrogens (tertiary/aromatic N) is 1. The summed E-state index contributed by atoms with van der Waals surface area (Å²) >= 11 is 1.41. The summed E-state index contributed by atoms with van der Waals surface area (Å²) in [5.41, 5.74) is 1.57. The topological polar surface area (TPSA) is 66.0 Å². The van der Waals surface area contributed by atoms with Crippen LogP contribution in [0.3, 0.4) is 0 Å². The fourth-order valence-corrected chi connectivity index (χ4v) is 2.50. The highest BCUT2D eigenvalue weighted by Crippen LogP contribution is 2.24. The van der Waals surface area contributed by atoms with Crippen LogP contribution in [0.4, 0.5) is 0 Å². The molecule has 0 aliphatic rings. The summed E-state index contributed by atoms with van der Waals surface area (Å²) in [6.07, 6.45) is 1.77. The molecule has 0 bridgehead atoms. The van der Waals surface area contributed by atoms with Gasteiger partial charge in [0.2, 0.25) is 0 Å². The second-order valence-electron chi connectivity index (χ2n) is 4.20. The first-order valence-corrected chi connectivity index (χ1v) is 7.01. The summed E-state index contributed by atoms with van der Waals surface area (Å²) in [5, 5.41) is 9.59. The van der Waals surface area contributed by atoms with Gasteiger partial charge in [-0.2, -0.15) is 0 Å². The van der Waals surface area contributed by atoms with Crippen LogP contribution >= 0.6 is 11.8 Å². The van der Waals surface area contributed by atoms with Crippen molar-refractivity contribution in [2.75, 3.05) is 0 Å². The molecular weight excluding hydrogens is 260 g/mol. The predicted molar refractivity (Wildman–Crippen MR) is 75.3 cm³/mol. The van der Waals surface area contributed by atoms with Crippen molar-refractivity contribution in [3.63, 3.8) is 0 Å². The molecule has 0 saturated carbocycles. The van der Waals surface area contributed by atoms with Crippen LogP contribution in [0.5, 0.6) is 0 Å². The van der Waals surface area contributed by atoms with Gasteiger partial charge < -0.3 is 10.1 Å². The number of aromatic amines is 1. The molecule has 5 heteroatoms. The standard InChI is InChI=1S/C14H16N2O2S/c1-2-3-11-8-13(18)16-14(15-11)19-12-6-4-10(9-17)5-7-12/h4-8,17H,2-3,9H2,1H3,(H,15,16,18). The van der Waals surface area contributed by atoms with Crippen LogP contribution in [0.15, 0.2) is 45.2 Å². The first kappa shape index (κ1) is 13.8. The van der Waals surface area contributed by atoms with Crippen LogP contribution in [0.1, 0.15) is 24.6 Å². The Morgan fingerprint density at radius 3 is 2.68 bits per heavy atom. The van der Waals surface area contributed by atoms with Crippen molar-refractivity contribution in [3.05, 3.63) is 51.9 Å². The van der Waals surface area contributed by atoms with E-state index in [0.29, 0.717) is 5.16 Å². The van der Waals surface area contributed by atoms with Crippen LogP contribution in [0.2, 0.25) is 0 Å². The highest BCUT2D eigenvalue weighted by Gasteiger charge is 2.03. The van der Waals surface area contributed by atoms with Crippen LogP contribution in [-0.2, 0) is 13.0 Å². The number of H-pyrrole nitrogens is 1. The summed E-state index contributed by atoms with van der Waals surface area (Å²) in [4.78, 5) is 19.7. The van der Waals surface area contributed by atoms with Gasteiger partial charge in [-0.05, 0) is 24.1 Å². The van der Waals surface area contributed by atoms with Gasteiger partial charge in [0.1, 0.15) is 0 Å². The molecule has 2 rings (SSSR count). The minimum Gasteiger partial charge on any atom is -0.392 e. The van der Waals surface area contributed by atoms with E-state index in [1.165, 1.54) is 11.8 Å². The van der Waals surface area contributed by atoms with Gasteiger partial charge in [-0.25, -0.2) is 4.98 Å². The first-order chi connectivity index (χ1) is 9.21. The summed E-state index contributed by atoms with van der Waals surface area (Å²) in [6.45, 7) is 2.09. The Labute approximate surface area is 115 Å². The van der Waals surface area contributed by atoms with Crippen molar-refractivity contribution < 1.29 is 5.11 Å². The molecule has 2 aromatic rings. The van der Waals surface area contributed by atoms with E-state index >= 15 is 0 Å². The molecule has 0 saturated heterocycles. The van der Waals surface area contributed by atoms with Gasteiger partial charge in [-0.3, -0.25) is 4.79 Å². The lowest BCUT2D eigenvalue weighted by atomic mass is 10.2. The molecule has 1 heterocycles. The van der Waals surface area contributed by atoms with E-state index in [4.69, 9.17) is 5.11 Å². The highest BCUT2D eigenvalue weighted by atomic mass is 32.2. The molecule has 0 radical (unpaired) electrons. The van der Waals surface area contributed by atoms with E-state index in [0.717, 1.165) is 29.0 Å². The average molecular weight is 276 g/mol. The molecule has 0 aliphatic carbocycles. The summed E-state index contributed by atoms with van der Waals surface area (Å²) in [6, 6.07) is 9.07. The molecule has 0 atom stereocenters. The second kappa shape index (κ2) is 6.54. The fourth-order valence-electron chi connectivity index (χ4n) is 1.69. The van der Waals surface area contributed by atoms with E-state index < -0.39 is 0 Å². The molecule has 0 amide bonds. The van der Waals surface area contributed by atoms with E-state index in [2.05, 4.69) is 16.9 Å². The molecule has 0 fully saturated rings. The molecule has 0 unspecified atom stereocenters. The highest BCUT2D eigenvalue weighted by molar-refractivity contribution is 7.99. The number of nitrogens with one attached hydrogen (secondary N) is 1. The minimum absolute atomic E-state index is 0.0337. The Balaban J connectivity index is 2.19. The zero-order valence-electron chi connectivity index (χ0n) is 10.7. The van der Waals surface area contributed by atoms with Crippen LogP contribution < -0.4 is 5.56 Å². The quantitative estimate of drug-likeness (QED) is 0.823. The SMILES string of the molecule is CCCc1cc(=O)[nH]c(Sc2ccc(CO)cc2)n1.